The summed E-state index contributed by atoms with van der Waals surface area (Å²) in [4.78, 5) is 32.5. The largest absolute Gasteiger partial charge is 0.493 e. The molecule has 4 aliphatic rings. The van der Waals surface area contributed by atoms with Crippen LogP contribution in [0.2, 0.25) is 0 Å². The molecule has 1 aromatic heterocycles. The first-order chi connectivity index (χ1) is 16.6. The first-order valence-corrected chi connectivity index (χ1v) is 12.7. The van der Waals surface area contributed by atoms with E-state index in [-0.39, 0.29) is 30.3 Å². The second kappa shape index (κ2) is 9.69. The first kappa shape index (κ1) is 23.9. The molecular formula is C27H33ClN4O3. The van der Waals surface area contributed by atoms with E-state index in [2.05, 4.69) is 20.5 Å². The van der Waals surface area contributed by atoms with Gasteiger partial charge in [0.15, 0.2) is 0 Å². The lowest BCUT2D eigenvalue weighted by Gasteiger charge is -2.40. The van der Waals surface area contributed by atoms with E-state index < -0.39 is 0 Å². The number of halogens is 1. The molecule has 4 heterocycles. The zero-order valence-electron chi connectivity index (χ0n) is 20.1. The van der Waals surface area contributed by atoms with Gasteiger partial charge in [0.1, 0.15) is 11.6 Å². The Bertz CT molecular complexity index is 1100. The standard InChI is InChI=1S/C27H32N4O3.ClH/c1-16-23(8-4-18-10-11-34-25(16)18)27(33)30-20-12-21-6-7-22(13-20)31(21)24-9-5-19(15-28-24)26(32)29-14-17-2-3-17;/h4-5,8-9,15,17,20-22H,2-3,6-7,10-14H2,1H3,(H,29,32)(H,30,33);1H/t20-,21+,22-;. The summed E-state index contributed by atoms with van der Waals surface area (Å²) < 4.78 is 5.75. The predicted molar refractivity (Wildman–Crippen MR) is 137 cm³/mol. The van der Waals surface area contributed by atoms with Crippen molar-refractivity contribution in [1.29, 1.82) is 0 Å². The average molecular weight is 497 g/mol. The number of hydrogen-bond donors (Lipinski definition) is 2. The van der Waals surface area contributed by atoms with Crippen molar-refractivity contribution in [3.8, 4) is 5.75 Å². The number of carbonyl (C=O) groups excluding carboxylic acids is 2. The molecule has 186 valence electrons. The molecule has 2 saturated heterocycles. The molecule has 0 spiro atoms. The van der Waals surface area contributed by atoms with Crippen molar-refractivity contribution in [1.82, 2.24) is 15.6 Å². The summed E-state index contributed by atoms with van der Waals surface area (Å²) in [5.74, 6) is 2.44. The highest BCUT2D eigenvalue weighted by Crippen LogP contribution is 2.39. The lowest BCUT2D eigenvalue weighted by atomic mass is 9.96. The van der Waals surface area contributed by atoms with Crippen LogP contribution in [0.1, 0.15) is 70.4 Å². The van der Waals surface area contributed by atoms with Gasteiger partial charge in [-0.05, 0) is 75.1 Å². The SMILES string of the molecule is Cc1c(C(=O)N[C@H]2C[C@H]3CC[C@@H](C2)N3c2ccc(C(=O)NCC3CC3)cn2)ccc2c1OCC2.Cl. The molecule has 8 heteroatoms. The molecule has 35 heavy (non-hydrogen) atoms. The Hall–Kier alpha value is -2.80. The molecule has 0 unspecified atom stereocenters. The smallest absolute Gasteiger partial charge is 0.252 e. The summed E-state index contributed by atoms with van der Waals surface area (Å²) >= 11 is 0. The van der Waals surface area contributed by atoms with Gasteiger partial charge in [0.05, 0.1) is 12.2 Å². The summed E-state index contributed by atoms with van der Waals surface area (Å²) in [6.45, 7) is 3.44. The van der Waals surface area contributed by atoms with Crippen molar-refractivity contribution in [3.05, 3.63) is 52.7 Å². The number of anilines is 1. The van der Waals surface area contributed by atoms with E-state index in [0.29, 0.717) is 35.7 Å². The Balaban J connectivity index is 0.00000253. The molecule has 1 aliphatic carbocycles. The number of rotatable bonds is 6. The first-order valence-electron chi connectivity index (χ1n) is 12.7. The van der Waals surface area contributed by atoms with Crippen LogP contribution >= 0.6 is 12.4 Å². The van der Waals surface area contributed by atoms with E-state index in [1.54, 1.807) is 6.20 Å². The number of ether oxygens (including phenoxy) is 1. The van der Waals surface area contributed by atoms with Crippen LogP contribution in [-0.4, -0.2) is 48.1 Å². The minimum absolute atomic E-state index is 0. The third kappa shape index (κ3) is 4.70. The van der Waals surface area contributed by atoms with Gasteiger partial charge in [0.2, 0.25) is 0 Å². The highest BCUT2D eigenvalue weighted by atomic mass is 35.5. The number of nitrogens with one attached hydrogen (secondary N) is 2. The van der Waals surface area contributed by atoms with Gasteiger partial charge in [-0.25, -0.2) is 4.98 Å². The summed E-state index contributed by atoms with van der Waals surface area (Å²) in [6, 6.07) is 8.70. The minimum atomic E-state index is -0.0393. The Kier molecular flexibility index (Phi) is 6.62. The number of carbonyl (C=O) groups is 2. The maximum atomic E-state index is 13.1. The lowest BCUT2D eigenvalue weighted by molar-refractivity contribution is 0.0923. The molecule has 6 rings (SSSR count). The van der Waals surface area contributed by atoms with Crippen molar-refractivity contribution >= 4 is 30.0 Å². The fourth-order valence-corrected chi connectivity index (χ4v) is 5.92. The molecule has 2 amide bonds. The predicted octanol–water partition coefficient (Wildman–Crippen LogP) is 3.82. The third-order valence-electron chi connectivity index (χ3n) is 7.94. The van der Waals surface area contributed by atoms with E-state index in [1.165, 1.54) is 18.4 Å². The zero-order chi connectivity index (χ0) is 23.2. The maximum absolute atomic E-state index is 13.1. The van der Waals surface area contributed by atoms with E-state index in [0.717, 1.165) is 55.8 Å². The van der Waals surface area contributed by atoms with Gasteiger partial charge in [-0.1, -0.05) is 6.07 Å². The Labute approximate surface area is 212 Å². The number of amides is 2. The summed E-state index contributed by atoms with van der Waals surface area (Å²) in [6.07, 6.45) is 9.09. The Morgan fingerprint density at radius 3 is 2.51 bits per heavy atom. The normalized spacial score (nSPS) is 24.3. The number of nitrogens with zero attached hydrogens (tertiary/aromatic N) is 2. The number of benzene rings is 1. The fraction of sp³-hybridized carbons (Fsp3) is 0.519. The summed E-state index contributed by atoms with van der Waals surface area (Å²) in [7, 11) is 0. The van der Waals surface area contributed by atoms with Gasteiger partial charge < -0.3 is 20.3 Å². The summed E-state index contributed by atoms with van der Waals surface area (Å²) in [5, 5.41) is 6.30. The van der Waals surface area contributed by atoms with Crippen molar-refractivity contribution < 1.29 is 14.3 Å². The van der Waals surface area contributed by atoms with Crippen molar-refractivity contribution in [2.45, 2.75) is 70.0 Å². The van der Waals surface area contributed by atoms with Crippen LogP contribution in [0.5, 0.6) is 5.75 Å². The van der Waals surface area contributed by atoms with Crippen LogP contribution in [0.3, 0.4) is 0 Å². The van der Waals surface area contributed by atoms with Crippen LogP contribution < -0.4 is 20.3 Å². The molecule has 3 atom stereocenters. The summed E-state index contributed by atoms with van der Waals surface area (Å²) in [5.41, 5.74) is 3.47. The van der Waals surface area contributed by atoms with E-state index >= 15 is 0 Å². The second-order valence-corrected chi connectivity index (χ2v) is 10.3. The number of pyridine rings is 1. The van der Waals surface area contributed by atoms with Gasteiger partial charge in [-0.3, -0.25) is 9.59 Å². The number of aromatic nitrogens is 1. The third-order valence-corrected chi connectivity index (χ3v) is 7.94. The molecule has 3 aliphatic heterocycles. The maximum Gasteiger partial charge on any atom is 0.252 e. The number of fused-ring (bicyclic) bond motifs is 3. The molecule has 3 fully saturated rings. The lowest BCUT2D eigenvalue weighted by Crippen LogP contribution is -2.50. The van der Waals surface area contributed by atoms with E-state index in [4.69, 9.17) is 4.74 Å². The van der Waals surface area contributed by atoms with Gasteiger partial charge in [0.25, 0.3) is 11.8 Å². The van der Waals surface area contributed by atoms with E-state index in [1.807, 2.05) is 31.2 Å². The topological polar surface area (TPSA) is 83.6 Å². The van der Waals surface area contributed by atoms with Crippen molar-refractivity contribution in [2.24, 2.45) is 5.92 Å². The van der Waals surface area contributed by atoms with Crippen LogP contribution in [0.25, 0.3) is 0 Å². The quantitative estimate of drug-likeness (QED) is 0.635. The monoisotopic (exact) mass is 496 g/mol. The van der Waals surface area contributed by atoms with Crippen molar-refractivity contribution in [2.75, 3.05) is 18.1 Å². The molecule has 2 N–H and O–H groups in total. The molecule has 7 nitrogen and oxygen atoms in total. The minimum Gasteiger partial charge on any atom is -0.493 e. The van der Waals surface area contributed by atoms with Crippen LogP contribution in [-0.2, 0) is 6.42 Å². The van der Waals surface area contributed by atoms with Crippen LogP contribution in [0, 0.1) is 12.8 Å². The molecular weight excluding hydrogens is 464 g/mol. The second-order valence-electron chi connectivity index (χ2n) is 10.3. The van der Waals surface area contributed by atoms with E-state index in [9.17, 15) is 9.59 Å². The highest BCUT2D eigenvalue weighted by molar-refractivity contribution is 5.97. The molecule has 2 aromatic rings. The van der Waals surface area contributed by atoms with Crippen LogP contribution in [0.4, 0.5) is 5.82 Å². The van der Waals surface area contributed by atoms with Crippen molar-refractivity contribution in [3.63, 3.8) is 0 Å². The Morgan fingerprint density at radius 2 is 1.83 bits per heavy atom. The fourth-order valence-electron chi connectivity index (χ4n) is 5.92. The van der Waals surface area contributed by atoms with Gasteiger partial charge in [-0.15, -0.1) is 12.4 Å². The van der Waals surface area contributed by atoms with Crippen LogP contribution in [0.15, 0.2) is 30.5 Å². The van der Waals surface area contributed by atoms with Gasteiger partial charge >= 0.3 is 0 Å². The number of piperidine rings is 1. The molecule has 2 bridgehead atoms. The molecule has 0 radical (unpaired) electrons. The van der Waals surface area contributed by atoms with Gasteiger partial charge in [0, 0.05) is 48.4 Å². The zero-order valence-corrected chi connectivity index (χ0v) is 20.9. The highest BCUT2D eigenvalue weighted by Gasteiger charge is 2.42. The molecule has 1 saturated carbocycles. The Morgan fingerprint density at radius 1 is 1.06 bits per heavy atom. The van der Waals surface area contributed by atoms with Gasteiger partial charge in [-0.2, -0.15) is 0 Å². The average Bonchev–Trinajstić information content (AvgIpc) is 3.47. The molecule has 1 aromatic carbocycles. The number of hydrogen-bond acceptors (Lipinski definition) is 5.